The molecule has 1 aromatic rings. The van der Waals surface area contributed by atoms with Gasteiger partial charge in [0.15, 0.2) is 0 Å². The van der Waals surface area contributed by atoms with Gasteiger partial charge in [0.1, 0.15) is 5.75 Å². The molecule has 0 radical (unpaired) electrons. The van der Waals surface area contributed by atoms with Crippen molar-refractivity contribution in [2.75, 3.05) is 13.6 Å². The number of likely N-dealkylation sites (N-methyl/N-ethyl adjacent to an activating group) is 1. The first-order chi connectivity index (χ1) is 9.06. The van der Waals surface area contributed by atoms with Gasteiger partial charge in [0, 0.05) is 6.04 Å². The molecule has 0 saturated carbocycles. The van der Waals surface area contributed by atoms with Crippen LogP contribution in [-0.4, -0.2) is 29.6 Å². The third kappa shape index (κ3) is 1.88. The van der Waals surface area contributed by atoms with Crippen LogP contribution in [0.5, 0.6) is 5.75 Å². The minimum absolute atomic E-state index is 0.250. The predicted octanol–water partition coefficient (Wildman–Crippen LogP) is 3.33. The highest BCUT2D eigenvalue weighted by Crippen LogP contribution is 2.50. The number of phenolic OH excluding ortho intramolecular Hbond substituents is 1. The molecule has 19 heavy (non-hydrogen) atoms. The van der Waals surface area contributed by atoms with Gasteiger partial charge in [-0.15, -0.1) is 0 Å². The lowest BCUT2D eigenvalue weighted by Gasteiger charge is -2.55. The number of hydrogen-bond acceptors (Lipinski definition) is 2. The van der Waals surface area contributed by atoms with Gasteiger partial charge in [-0.2, -0.15) is 0 Å². The van der Waals surface area contributed by atoms with Gasteiger partial charge in [0.05, 0.1) is 0 Å². The van der Waals surface area contributed by atoms with Crippen LogP contribution in [0.15, 0.2) is 18.2 Å². The van der Waals surface area contributed by atoms with E-state index in [1.165, 1.54) is 36.9 Å². The maximum Gasteiger partial charge on any atom is 0.115 e. The molecule has 2 nitrogen and oxygen atoms in total. The summed E-state index contributed by atoms with van der Waals surface area (Å²) in [6.07, 6.45) is 4.90. The summed E-state index contributed by atoms with van der Waals surface area (Å²) in [6, 6.07) is 6.69. The monoisotopic (exact) mass is 259 g/mol. The predicted molar refractivity (Wildman–Crippen MR) is 78.6 cm³/mol. The summed E-state index contributed by atoms with van der Waals surface area (Å²) in [4.78, 5) is 2.55. The number of fused-ring (bicyclic) bond motifs is 4. The molecule has 1 aliphatic heterocycles. The summed E-state index contributed by atoms with van der Waals surface area (Å²) in [5.74, 6) is 1.15. The lowest BCUT2D eigenvalue weighted by molar-refractivity contribution is 0.0344. The van der Waals surface area contributed by atoms with E-state index < -0.39 is 0 Å². The molecule has 104 valence electrons. The average Bonchev–Trinajstić information content (AvgIpc) is 2.39. The normalized spacial score (nSPS) is 34.1. The zero-order valence-corrected chi connectivity index (χ0v) is 12.3. The Balaban J connectivity index is 2.11. The lowest BCUT2D eigenvalue weighted by atomic mass is 9.57. The van der Waals surface area contributed by atoms with Crippen LogP contribution in [0, 0.1) is 5.92 Å². The van der Waals surface area contributed by atoms with Crippen LogP contribution < -0.4 is 0 Å². The maximum absolute atomic E-state index is 9.86. The summed E-state index contributed by atoms with van der Waals surface area (Å²) in [5, 5.41) is 9.86. The summed E-state index contributed by atoms with van der Waals surface area (Å²) < 4.78 is 0. The summed E-state index contributed by atoms with van der Waals surface area (Å²) in [6.45, 7) is 5.89. The smallest absolute Gasteiger partial charge is 0.115 e. The Hall–Kier alpha value is -1.02. The van der Waals surface area contributed by atoms with Crippen molar-refractivity contribution in [2.24, 2.45) is 5.92 Å². The van der Waals surface area contributed by atoms with Gasteiger partial charge in [-0.3, -0.25) is 0 Å². The van der Waals surface area contributed by atoms with E-state index in [-0.39, 0.29) is 5.41 Å². The van der Waals surface area contributed by atoms with Crippen molar-refractivity contribution in [3.63, 3.8) is 0 Å². The van der Waals surface area contributed by atoms with Gasteiger partial charge >= 0.3 is 0 Å². The summed E-state index contributed by atoms with van der Waals surface area (Å²) >= 11 is 0. The molecule has 2 heteroatoms. The molecule has 1 saturated heterocycles. The first-order valence-corrected chi connectivity index (χ1v) is 7.59. The SMILES string of the molecule is CCC[C@H]1[C@H]2Cc3ccc(O)cc3[C@]1(C)CCN2C. The van der Waals surface area contributed by atoms with Gasteiger partial charge < -0.3 is 10.0 Å². The largest absolute Gasteiger partial charge is 0.508 e. The minimum Gasteiger partial charge on any atom is -0.508 e. The van der Waals surface area contributed by atoms with E-state index in [0.717, 1.165) is 12.3 Å². The van der Waals surface area contributed by atoms with Crippen molar-refractivity contribution in [2.45, 2.75) is 51.0 Å². The number of benzene rings is 1. The molecule has 1 N–H and O–H groups in total. The molecular weight excluding hydrogens is 234 g/mol. The Kier molecular flexibility index (Phi) is 3.09. The average molecular weight is 259 g/mol. The third-order valence-electron chi connectivity index (χ3n) is 5.57. The van der Waals surface area contributed by atoms with Crippen molar-refractivity contribution in [3.8, 4) is 5.75 Å². The third-order valence-corrected chi connectivity index (χ3v) is 5.57. The van der Waals surface area contributed by atoms with E-state index >= 15 is 0 Å². The Morgan fingerprint density at radius 3 is 2.95 bits per heavy atom. The second-order valence-electron chi connectivity index (χ2n) is 6.66. The van der Waals surface area contributed by atoms with Crippen molar-refractivity contribution in [1.82, 2.24) is 4.90 Å². The molecule has 0 spiro atoms. The number of rotatable bonds is 2. The number of piperidine rings is 1. The molecule has 2 aliphatic rings. The highest BCUT2D eigenvalue weighted by atomic mass is 16.3. The first-order valence-electron chi connectivity index (χ1n) is 7.59. The molecule has 0 aromatic heterocycles. The quantitative estimate of drug-likeness (QED) is 0.880. The molecule has 0 amide bonds. The fourth-order valence-electron chi connectivity index (χ4n) is 4.45. The van der Waals surface area contributed by atoms with Crippen molar-refractivity contribution >= 4 is 0 Å². The first kappa shape index (κ1) is 13.0. The lowest BCUT2D eigenvalue weighted by Crippen LogP contribution is -2.57. The van der Waals surface area contributed by atoms with Gasteiger partial charge in [-0.05, 0) is 67.4 Å². The van der Waals surface area contributed by atoms with E-state index in [2.05, 4.69) is 31.9 Å². The van der Waals surface area contributed by atoms with Crippen molar-refractivity contribution in [3.05, 3.63) is 29.3 Å². The zero-order chi connectivity index (χ0) is 13.6. The van der Waals surface area contributed by atoms with Crippen LogP contribution in [0.25, 0.3) is 0 Å². The number of aromatic hydroxyl groups is 1. The molecular formula is C17H25NO. The Morgan fingerprint density at radius 2 is 2.21 bits per heavy atom. The van der Waals surface area contributed by atoms with Crippen LogP contribution in [0.3, 0.4) is 0 Å². The molecule has 1 aromatic carbocycles. The second-order valence-corrected chi connectivity index (χ2v) is 6.66. The van der Waals surface area contributed by atoms with Crippen LogP contribution in [0.1, 0.15) is 44.2 Å². The van der Waals surface area contributed by atoms with E-state index in [1.54, 1.807) is 0 Å². The Labute approximate surface area is 116 Å². The van der Waals surface area contributed by atoms with Crippen LogP contribution in [0.2, 0.25) is 0 Å². The van der Waals surface area contributed by atoms with Crippen LogP contribution in [-0.2, 0) is 11.8 Å². The molecule has 1 aliphatic carbocycles. The highest BCUT2D eigenvalue weighted by Gasteiger charge is 2.49. The van der Waals surface area contributed by atoms with E-state index in [4.69, 9.17) is 0 Å². The molecule has 1 heterocycles. The molecule has 3 rings (SSSR count). The number of nitrogens with zero attached hydrogens (tertiary/aromatic N) is 1. The summed E-state index contributed by atoms with van der Waals surface area (Å²) in [5.41, 5.74) is 3.11. The topological polar surface area (TPSA) is 23.5 Å². The Morgan fingerprint density at radius 1 is 1.42 bits per heavy atom. The summed E-state index contributed by atoms with van der Waals surface area (Å²) in [7, 11) is 2.28. The Bertz CT molecular complexity index is 484. The number of phenols is 1. The fourth-order valence-corrected chi connectivity index (χ4v) is 4.45. The van der Waals surface area contributed by atoms with E-state index in [9.17, 15) is 5.11 Å². The second kappa shape index (κ2) is 4.52. The minimum atomic E-state index is 0.250. The van der Waals surface area contributed by atoms with Gasteiger partial charge in [0.25, 0.3) is 0 Å². The van der Waals surface area contributed by atoms with Crippen LogP contribution in [0.4, 0.5) is 0 Å². The van der Waals surface area contributed by atoms with Crippen molar-refractivity contribution < 1.29 is 5.11 Å². The van der Waals surface area contributed by atoms with Crippen molar-refractivity contribution in [1.29, 1.82) is 0 Å². The molecule has 0 unspecified atom stereocenters. The molecule has 2 bridgehead atoms. The maximum atomic E-state index is 9.86. The van der Waals surface area contributed by atoms with E-state index in [0.29, 0.717) is 11.8 Å². The van der Waals surface area contributed by atoms with E-state index in [1.807, 2.05) is 12.1 Å². The van der Waals surface area contributed by atoms with Gasteiger partial charge in [-0.1, -0.05) is 26.3 Å². The van der Waals surface area contributed by atoms with Gasteiger partial charge in [0.2, 0.25) is 0 Å². The highest BCUT2D eigenvalue weighted by molar-refractivity contribution is 5.44. The van der Waals surface area contributed by atoms with Crippen LogP contribution >= 0.6 is 0 Å². The fraction of sp³-hybridized carbons (Fsp3) is 0.647. The molecule has 3 atom stereocenters. The molecule has 1 fully saturated rings. The van der Waals surface area contributed by atoms with Gasteiger partial charge in [-0.25, -0.2) is 0 Å². The number of likely N-dealkylation sites (tertiary alicyclic amines) is 1. The standard InChI is InChI=1S/C17H25NO/c1-4-5-14-16-10-12-6-7-13(19)11-15(12)17(14,2)8-9-18(16)3/h6-7,11,14,16,19H,4-5,8-10H2,1-3H3/t14-,16+,17+/m0/s1. The zero-order valence-electron chi connectivity index (χ0n) is 12.3. The number of hydrogen-bond donors (Lipinski definition) is 1.